The van der Waals surface area contributed by atoms with Crippen molar-refractivity contribution in [3.63, 3.8) is 0 Å². The number of benzene rings is 3. The van der Waals surface area contributed by atoms with Crippen LogP contribution in [0.2, 0.25) is 0 Å². The van der Waals surface area contributed by atoms with Crippen molar-refractivity contribution in [2.24, 2.45) is 0 Å². The number of hydrogen-bond donors (Lipinski definition) is 0. The molecule has 3 aromatic carbocycles. The van der Waals surface area contributed by atoms with Gasteiger partial charge in [0.25, 0.3) is 0 Å². The summed E-state index contributed by atoms with van der Waals surface area (Å²) in [6.07, 6.45) is 3.26. The molecule has 1 aliphatic heterocycles. The van der Waals surface area contributed by atoms with E-state index in [1.165, 1.54) is 16.7 Å². The second-order valence-corrected chi connectivity index (χ2v) is 6.71. The second-order valence-electron chi connectivity index (χ2n) is 6.71. The standard InChI is InChI=1S/C24H22FN/c25-23-13-11-19(12-14-23)20-15-17-26(18-16-20)24(21-7-3-1-4-8-21)22-9-5-2-6-10-22/h1-15,24H,16-18H2. The zero-order chi connectivity index (χ0) is 17.8. The average molecular weight is 343 g/mol. The summed E-state index contributed by atoms with van der Waals surface area (Å²) in [7, 11) is 0. The molecule has 0 saturated heterocycles. The molecule has 2 heteroatoms. The summed E-state index contributed by atoms with van der Waals surface area (Å²) in [5.41, 5.74) is 5.07. The topological polar surface area (TPSA) is 3.24 Å². The highest BCUT2D eigenvalue weighted by Crippen LogP contribution is 2.32. The van der Waals surface area contributed by atoms with E-state index in [1.54, 1.807) is 12.1 Å². The Morgan fingerprint density at radius 1 is 0.731 bits per heavy atom. The molecule has 0 fully saturated rings. The summed E-state index contributed by atoms with van der Waals surface area (Å²) in [6, 6.07) is 28.5. The van der Waals surface area contributed by atoms with Gasteiger partial charge < -0.3 is 0 Å². The largest absolute Gasteiger partial charge is 0.288 e. The van der Waals surface area contributed by atoms with Gasteiger partial charge in [0.2, 0.25) is 0 Å². The molecule has 0 atom stereocenters. The van der Waals surface area contributed by atoms with Crippen LogP contribution in [-0.4, -0.2) is 18.0 Å². The van der Waals surface area contributed by atoms with E-state index < -0.39 is 0 Å². The maximum Gasteiger partial charge on any atom is 0.123 e. The highest BCUT2D eigenvalue weighted by Gasteiger charge is 2.24. The molecule has 4 rings (SSSR count). The van der Waals surface area contributed by atoms with E-state index in [4.69, 9.17) is 0 Å². The van der Waals surface area contributed by atoms with E-state index in [-0.39, 0.29) is 11.9 Å². The van der Waals surface area contributed by atoms with Crippen LogP contribution >= 0.6 is 0 Å². The lowest BCUT2D eigenvalue weighted by Crippen LogP contribution is -2.33. The van der Waals surface area contributed by atoms with E-state index in [9.17, 15) is 4.39 Å². The first kappa shape index (κ1) is 16.7. The summed E-state index contributed by atoms with van der Waals surface area (Å²) in [5.74, 6) is -0.181. The lowest BCUT2D eigenvalue weighted by Gasteiger charge is -2.35. The van der Waals surface area contributed by atoms with Crippen molar-refractivity contribution in [3.8, 4) is 0 Å². The molecular formula is C24H22FN. The highest BCUT2D eigenvalue weighted by atomic mass is 19.1. The molecule has 0 amide bonds. The van der Waals surface area contributed by atoms with Crippen LogP contribution in [0.3, 0.4) is 0 Å². The van der Waals surface area contributed by atoms with Gasteiger partial charge in [-0.15, -0.1) is 0 Å². The molecule has 0 N–H and O–H groups in total. The van der Waals surface area contributed by atoms with Crippen LogP contribution in [0.4, 0.5) is 4.39 Å². The van der Waals surface area contributed by atoms with Gasteiger partial charge in [-0.1, -0.05) is 78.9 Å². The Labute approximate surface area is 154 Å². The number of halogens is 1. The van der Waals surface area contributed by atoms with Crippen LogP contribution in [0.5, 0.6) is 0 Å². The Kier molecular flexibility index (Phi) is 4.94. The molecule has 0 aliphatic carbocycles. The molecule has 1 heterocycles. The number of rotatable bonds is 4. The van der Waals surface area contributed by atoms with Gasteiger partial charge in [-0.2, -0.15) is 0 Å². The minimum absolute atomic E-state index is 0.181. The fraction of sp³-hybridized carbons (Fsp3) is 0.167. The molecule has 26 heavy (non-hydrogen) atoms. The third kappa shape index (κ3) is 3.61. The summed E-state index contributed by atoms with van der Waals surface area (Å²) in [4.78, 5) is 2.51. The number of nitrogens with zero attached hydrogens (tertiary/aromatic N) is 1. The lowest BCUT2D eigenvalue weighted by molar-refractivity contribution is 0.249. The molecule has 1 aliphatic rings. The summed E-state index contributed by atoms with van der Waals surface area (Å²) in [6.45, 7) is 1.87. The summed E-state index contributed by atoms with van der Waals surface area (Å²) >= 11 is 0. The normalized spacial score (nSPS) is 15.1. The minimum atomic E-state index is -0.181. The van der Waals surface area contributed by atoms with E-state index in [0.29, 0.717) is 0 Å². The zero-order valence-electron chi connectivity index (χ0n) is 14.7. The Bertz CT molecular complexity index is 830. The second kappa shape index (κ2) is 7.67. The molecule has 1 nitrogen and oxygen atoms in total. The Morgan fingerprint density at radius 2 is 1.31 bits per heavy atom. The fourth-order valence-electron chi connectivity index (χ4n) is 3.73. The van der Waals surface area contributed by atoms with Gasteiger partial charge in [0.15, 0.2) is 0 Å². The first-order valence-electron chi connectivity index (χ1n) is 9.10. The molecule has 3 aromatic rings. The van der Waals surface area contributed by atoms with Crippen LogP contribution in [0.15, 0.2) is 91.0 Å². The first-order valence-corrected chi connectivity index (χ1v) is 9.10. The van der Waals surface area contributed by atoms with Gasteiger partial charge in [-0.3, -0.25) is 4.90 Å². The van der Waals surface area contributed by atoms with Gasteiger partial charge in [0.1, 0.15) is 5.82 Å². The Balaban J connectivity index is 1.61. The van der Waals surface area contributed by atoms with Gasteiger partial charge >= 0.3 is 0 Å². The number of hydrogen-bond acceptors (Lipinski definition) is 1. The summed E-state index contributed by atoms with van der Waals surface area (Å²) in [5, 5.41) is 0. The molecule has 0 aromatic heterocycles. The third-order valence-electron chi connectivity index (χ3n) is 5.05. The smallest absolute Gasteiger partial charge is 0.123 e. The summed E-state index contributed by atoms with van der Waals surface area (Å²) < 4.78 is 13.2. The van der Waals surface area contributed by atoms with Crippen molar-refractivity contribution in [1.82, 2.24) is 4.90 Å². The SMILES string of the molecule is Fc1ccc(C2=CCN(C(c3ccccc3)c3ccccc3)CC2)cc1. The van der Waals surface area contributed by atoms with Gasteiger partial charge in [0, 0.05) is 13.1 Å². The molecule has 130 valence electrons. The molecule has 0 radical (unpaired) electrons. The minimum Gasteiger partial charge on any atom is -0.288 e. The first-order chi connectivity index (χ1) is 12.8. The van der Waals surface area contributed by atoms with Crippen LogP contribution in [0.25, 0.3) is 5.57 Å². The van der Waals surface area contributed by atoms with Crippen molar-refractivity contribution < 1.29 is 4.39 Å². The molecular weight excluding hydrogens is 321 g/mol. The van der Waals surface area contributed by atoms with E-state index in [0.717, 1.165) is 25.1 Å². The van der Waals surface area contributed by atoms with Crippen LogP contribution in [0.1, 0.15) is 29.2 Å². The molecule has 0 bridgehead atoms. The van der Waals surface area contributed by atoms with Gasteiger partial charge in [0.05, 0.1) is 6.04 Å². The van der Waals surface area contributed by atoms with Crippen molar-refractivity contribution >= 4 is 5.57 Å². The molecule has 0 spiro atoms. The van der Waals surface area contributed by atoms with Crippen molar-refractivity contribution in [2.75, 3.05) is 13.1 Å². The van der Waals surface area contributed by atoms with Crippen molar-refractivity contribution in [1.29, 1.82) is 0 Å². The molecule has 0 saturated carbocycles. The quantitative estimate of drug-likeness (QED) is 0.587. The van der Waals surface area contributed by atoms with Gasteiger partial charge in [-0.05, 0) is 40.8 Å². The van der Waals surface area contributed by atoms with Crippen molar-refractivity contribution in [2.45, 2.75) is 12.5 Å². The van der Waals surface area contributed by atoms with Crippen LogP contribution < -0.4 is 0 Å². The average Bonchev–Trinajstić information content (AvgIpc) is 2.71. The Hall–Kier alpha value is -2.71. The predicted octanol–water partition coefficient (Wildman–Crippen LogP) is 5.70. The van der Waals surface area contributed by atoms with Gasteiger partial charge in [-0.25, -0.2) is 4.39 Å². The predicted molar refractivity (Wildman–Crippen MR) is 105 cm³/mol. The zero-order valence-corrected chi connectivity index (χ0v) is 14.7. The fourth-order valence-corrected chi connectivity index (χ4v) is 3.73. The molecule has 0 unspecified atom stereocenters. The third-order valence-corrected chi connectivity index (χ3v) is 5.05. The van der Waals surface area contributed by atoms with E-state index in [2.05, 4.69) is 71.6 Å². The lowest BCUT2D eigenvalue weighted by atomic mass is 9.93. The van der Waals surface area contributed by atoms with Crippen LogP contribution in [-0.2, 0) is 0 Å². The maximum absolute atomic E-state index is 13.2. The van der Waals surface area contributed by atoms with E-state index >= 15 is 0 Å². The Morgan fingerprint density at radius 3 is 1.81 bits per heavy atom. The monoisotopic (exact) mass is 343 g/mol. The van der Waals surface area contributed by atoms with Crippen LogP contribution in [0, 0.1) is 5.82 Å². The maximum atomic E-state index is 13.2. The van der Waals surface area contributed by atoms with Crippen molar-refractivity contribution in [3.05, 3.63) is 114 Å². The van der Waals surface area contributed by atoms with E-state index in [1.807, 2.05) is 12.1 Å². The highest BCUT2D eigenvalue weighted by molar-refractivity contribution is 5.66.